The van der Waals surface area contributed by atoms with Crippen molar-refractivity contribution < 1.29 is 9.47 Å². The van der Waals surface area contributed by atoms with Gasteiger partial charge >= 0.3 is 0 Å². The van der Waals surface area contributed by atoms with Crippen LogP contribution in [-0.2, 0) is 15.9 Å². The second-order valence-electron chi connectivity index (χ2n) is 9.05. The number of halogens is 1. The first-order valence-electron chi connectivity index (χ1n) is 11.0. The summed E-state index contributed by atoms with van der Waals surface area (Å²) in [5.74, 6) is 1.05. The molecule has 0 aliphatic carbocycles. The minimum Gasteiger partial charge on any atom is -0.376 e. The molecule has 2 aliphatic heterocycles. The van der Waals surface area contributed by atoms with E-state index in [0.29, 0.717) is 30.6 Å². The van der Waals surface area contributed by atoms with Crippen molar-refractivity contribution >= 4 is 23.5 Å². The SMILES string of the molecule is COC(C)(C)C1CN(C2CCN(c3n[nH]c(N)n3)CC2)C(Cc2ccc(Cl)cc2)CO1. The minimum atomic E-state index is -0.333. The Morgan fingerprint density at radius 1 is 1.26 bits per heavy atom. The molecule has 3 heterocycles. The average Bonchev–Trinajstić information content (AvgIpc) is 3.22. The number of H-pyrrole nitrogens is 1. The highest BCUT2D eigenvalue weighted by Crippen LogP contribution is 2.30. The molecule has 1 aromatic carbocycles. The van der Waals surface area contributed by atoms with E-state index in [9.17, 15) is 0 Å². The Morgan fingerprint density at radius 2 is 1.97 bits per heavy atom. The number of nitrogens with two attached hydrogens (primary N) is 1. The van der Waals surface area contributed by atoms with Gasteiger partial charge in [0.15, 0.2) is 0 Å². The van der Waals surface area contributed by atoms with Gasteiger partial charge in [0.05, 0.1) is 18.3 Å². The maximum atomic E-state index is 6.32. The van der Waals surface area contributed by atoms with Crippen LogP contribution in [0.1, 0.15) is 32.3 Å². The van der Waals surface area contributed by atoms with E-state index in [1.54, 1.807) is 7.11 Å². The Morgan fingerprint density at radius 3 is 2.58 bits per heavy atom. The van der Waals surface area contributed by atoms with Gasteiger partial charge in [-0.3, -0.25) is 4.90 Å². The molecule has 2 aliphatic rings. The van der Waals surface area contributed by atoms with Crippen molar-refractivity contribution in [2.75, 3.05) is 44.0 Å². The van der Waals surface area contributed by atoms with Gasteiger partial charge in [0, 0.05) is 43.9 Å². The highest BCUT2D eigenvalue weighted by molar-refractivity contribution is 6.30. The number of nitrogens with one attached hydrogen (secondary N) is 1. The van der Waals surface area contributed by atoms with Crippen LogP contribution < -0.4 is 10.6 Å². The van der Waals surface area contributed by atoms with Crippen molar-refractivity contribution in [2.45, 2.75) is 56.9 Å². The maximum absolute atomic E-state index is 6.32. The summed E-state index contributed by atoms with van der Waals surface area (Å²) in [7, 11) is 1.76. The Kier molecular flexibility index (Phi) is 6.71. The second-order valence-corrected chi connectivity index (χ2v) is 9.49. The largest absolute Gasteiger partial charge is 0.376 e. The lowest BCUT2D eigenvalue weighted by atomic mass is 9.92. The average molecular weight is 449 g/mol. The summed E-state index contributed by atoms with van der Waals surface area (Å²) in [6.45, 7) is 7.57. The van der Waals surface area contributed by atoms with Crippen LogP contribution in [0.5, 0.6) is 0 Å². The van der Waals surface area contributed by atoms with E-state index in [4.69, 9.17) is 26.8 Å². The van der Waals surface area contributed by atoms with E-state index >= 15 is 0 Å². The van der Waals surface area contributed by atoms with E-state index in [2.05, 4.69) is 51.0 Å². The molecule has 8 nitrogen and oxygen atoms in total. The van der Waals surface area contributed by atoms with Gasteiger partial charge < -0.3 is 20.1 Å². The Balaban J connectivity index is 1.47. The van der Waals surface area contributed by atoms with Gasteiger partial charge in [0.25, 0.3) is 0 Å². The molecule has 9 heteroatoms. The van der Waals surface area contributed by atoms with E-state index < -0.39 is 0 Å². The molecule has 2 aromatic rings. The summed E-state index contributed by atoms with van der Waals surface area (Å²) in [6, 6.07) is 8.94. The summed E-state index contributed by atoms with van der Waals surface area (Å²) in [5.41, 5.74) is 6.65. The number of hydrogen-bond acceptors (Lipinski definition) is 7. The quantitative estimate of drug-likeness (QED) is 0.701. The van der Waals surface area contributed by atoms with Crippen molar-refractivity contribution in [3.05, 3.63) is 34.9 Å². The van der Waals surface area contributed by atoms with Gasteiger partial charge in [-0.2, -0.15) is 4.98 Å². The molecular weight excluding hydrogens is 416 g/mol. The summed E-state index contributed by atoms with van der Waals surface area (Å²) < 4.78 is 12.1. The van der Waals surface area contributed by atoms with E-state index in [-0.39, 0.29) is 11.7 Å². The van der Waals surface area contributed by atoms with Gasteiger partial charge in [0.1, 0.15) is 0 Å². The minimum absolute atomic E-state index is 0.0322. The fourth-order valence-corrected chi connectivity index (χ4v) is 4.71. The highest BCUT2D eigenvalue weighted by atomic mass is 35.5. The number of rotatable bonds is 6. The zero-order valence-corrected chi connectivity index (χ0v) is 19.3. The molecule has 0 radical (unpaired) electrons. The standard InChI is InChI=1S/C22H33ClN6O2/c1-22(2,30-3)19-13-29(18(14-31-19)12-15-4-6-16(23)7-5-15)17-8-10-28(11-9-17)21-25-20(24)26-27-21/h4-7,17-19H,8-14H2,1-3H3,(H3,24,25,26,27). The third kappa shape index (κ3) is 5.14. The lowest BCUT2D eigenvalue weighted by molar-refractivity contribution is -0.165. The van der Waals surface area contributed by atoms with Crippen molar-refractivity contribution in [2.24, 2.45) is 0 Å². The van der Waals surface area contributed by atoms with E-state index in [1.807, 2.05) is 12.1 Å². The molecule has 3 N–H and O–H groups in total. The van der Waals surface area contributed by atoms with Crippen molar-refractivity contribution in [1.29, 1.82) is 0 Å². The zero-order chi connectivity index (χ0) is 22.0. The molecule has 2 atom stereocenters. The van der Waals surface area contributed by atoms with Crippen LogP contribution >= 0.6 is 11.6 Å². The number of nitrogen functional groups attached to an aromatic ring is 1. The first-order chi connectivity index (χ1) is 14.9. The van der Waals surface area contributed by atoms with E-state index in [0.717, 1.165) is 43.9 Å². The lowest BCUT2D eigenvalue weighted by Gasteiger charge is -2.49. The fourth-order valence-electron chi connectivity index (χ4n) is 4.59. The van der Waals surface area contributed by atoms with E-state index in [1.165, 1.54) is 5.56 Å². The molecular formula is C22H33ClN6O2. The predicted octanol–water partition coefficient (Wildman–Crippen LogP) is 2.75. The molecule has 31 heavy (non-hydrogen) atoms. The molecule has 0 amide bonds. The van der Waals surface area contributed by atoms with Crippen LogP contribution in [0.3, 0.4) is 0 Å². The summed E-state index contributed by atoms with van der Waals surface area (Å²) in [6.07, 6.45) is 3.07. The monoisotopic (exact) mass is 448 g/mol. The Hall–Kier alpha value is -1.87. The molecule has 2 saturated heterocycles. The molecule has 4 rings (SSSR count). The van der Waals surface area contributed by atoms with Crippen LogP contribution in [0, 0.1) is 0 Å². The van der Waals surface area contributed by atoms with Gasteiger partial charge in [-0.15, -0.1) is 5.10 Å². The number of benzene rings is 1. The number of anilines is 2. The van der Waals surface area contributed by atoms with Gasteiger partial charge in [-0.05, 0) is 50.8 Å². The molecule has 2 unspecified atom stereocenters. The van der Waals surface area contributed by atoms with Crippen LogP contribution in [-0.4, -0.2) is 77.2 Å². The fraction of sp³-hybridized carbons (Fsp3) is 0.636. The summed E-state index contributed by atoms with van der Waals surface area (Å²) >= 11 is 6.08. The Bertz CT molecular complexity index is 850. The highest BCUT2D eigenvalue weighted by Gasteiger charge is 2.41. The molecule has 0 saturated carbocycles. The second kappa shape index (κ2) is 9.32. The number of piperidine rings is 1. The van der Waals surface area contributed by atoms with Crippen LogP contribution in [0.4, 0.5) is 11.9 Å². The third-order valence-electron chi connectivity index (χ3n) is 6.73. The van der Waals surface area contributed by atoms with Crippen LogP contribution in [0.25, 0.3) is 0 Å². The Labute approximate surface area is 189 Å². The smallest absolute Gasteiger partial charge is 0.246 e. The third-order valence-corrected chi connectivity index (χ3v) is 6.98. The molecule has 0 spiro atoms. The van der Waals surface area contributed by atoms with Crippen molar-refractivity contribution in [3.8, 4) is 0 Å². The molecule has 2 fully saturated rings. The normalized spacial score (nSPS) is 23.9. The number of aromatic nitrogens is 3. The number of methoxy groups -OCH3 is 1. The number of nitrogens with zero attached hydrogens (tertiary/aromatic N) is 4. The van der Waals surface area contributed by atoms with Crippen LogP contribution in [0.15, 0.2) is 24.3 Å². The van der Waals surface area contributed by atoms with Crippen molar-refractivity contribution in [1.82, 2.24) is 20.1 Å². The van der Waals surface area contributed by atoms with Crippen LogP contribution in [0.2, 0.25) is 5.02 Å². The first-order valence-corrected chi connectivity index (χ1v) is 11.3. The number of hydrogen-bond donors (Lipinski definition) is 2. The number of aromatic amines is 1. The summed E-state index contributed by atoms with van der Waals surface area (Å²) in [4.78, 5) is 9.13. The number of morpholine rings is 1. The zero-order valence-electron chi connectivity index (χ0n) is 18.6. The maximum Gasteiger partial charge on any atom is 0.246 e. The molecule has 170 valence electrons. The summed E-state index contributed by atoms with van der Waals surface area (Å²) in [5, 5.41) is 7.71. The molecule has 0 bridgehead atoms. The lowest BCUT2D eigenvalue weighted by Crippen LogP contribution is -2.61. The van der Waals surface area contributed by atoms with Gasteiger partial charge in [-0.25, -0.2) is 5.10 Å². The first kappa shape index (κ1) is 22.3. The predicted molar refractivity (Wildman–Crippen MR) is 123 cm³/mol. The van der Waals surface area contributed by atoms with Gasteiger partial charge in [-0.1, -0.05) is 23.7 Å². The topological polar surface area (TPSA) is 92.5 Å². The molecule has 1 aromatic heterocycles. The van der Waals surface area contributed by atoms with Gasteiger partial charge in [0.2, 0.25) is 11.9 Å². The number of ether oxygens (including phenoxy) is 2. The van der Waals surface area contributed by atoms with Crippen molar-refractivity contribution in [3.63, 3.8) is 0 Å².